The molecule has 0 fully saturated rings. The van der Waals surface area contributed by atoms with Gasteiger partial charge in [-0.05, 0) is 43.5 Å². The molecule has 0 aliphatic rings. The van der Waals surface area contributed by atoms with Gasteiger partial charge in [-0.3, -0.25) is 4.72 Å². The third-order valence-electron chi connectivity index (χ3n) is 3.34. The number of benzene rings is 2. The van der Waals surface area contributed by atoms with Crippen molar-refractivity contribution in [3.8, 4) is 0 Å². The zero-order valence-corrected chi connectivity index (χ0v) is 12.9. The molecule has 2 aromatic carbocycles. The van der Waals surface area contributed by atoms with Gasteiger partial charge in [0.2, 0.25) is 0 Å². The fourth-order valence-electron chi connectivity index (χ4n) is 2.11. The minimum atomic E-state index is -3.96. The Morgan fingerprint density at radius 2 is 1.62 bits per heavy atom. The summed E-state index contributed by atoms with van der Waals surface area (Å²) in [4.78, 5) is -0.00912. The number of hydrogen-bond donors (Lipinski definition) is 2. The Labute approximate surface area is 123 Å². The van der Waals surface area contributed by atoms with Crippen LogP contribution in [0.2, 0.25) is 0 Å². The molecule has 0 spiro atoms. The molecule has 6 heteroatoms. The number of nitrogens with two attached hydrogens (primary N) is 1. The Morgan fingerprint density at radius 3 is 2.24 bits per heavy atom. The van der Waals surface area contributed by atoms with Crippen LogP contribution in [0.4, 0.5) is 15.8 Å². The summed E-state index contributed by atoms with van der Waals surface area (Å²) in [6.07, 6.45) is 0. The molecule has 0 aromatic heterocycles. The maximum Gasteiger partial charge on any atom is 0.264 e. The van der Waals surface area contributed by atoms with Crippen molar-refractivity contribution >= 4 is 21.4 Å². The van der Waals surface area contributed by atoms with Crippen molar-refractivity contribution in [2.24, 2.45) is 0 Å². The van der Waals surface area contributed by atoms with Crippen LogP contribution in [0.25, 0.3) is 0 Å². The number of aryl methyl sites for hydroxylation is 3. The number of rotatable bonds is 3. The number of nitrogens with one attached hydrogen (secondary N) is 1. The second-order valence-electron chi connectivity index (χ2n) is 4.98. The molecule has 4 nitrogen and oxygen atoms in total. The first-order valence-corrected chi connectivity index (χ1v) is 7.86. The summed E-state index contributed by atoms with van der Waals surface area (Å²) in [7, 11) is -3.96. The first-order valence-electron chi connectivity index (χ1n) is 6.37. The summed E-state index contributed by atoms with van der Waals surface area (Å²) >= 11 is 0. The fourth-order valence-corrected chi connectivity index (χ4v) is 3.68. The predicted molar refractivity (Wildman–Crippen MR) is 82.3 cm³/mol. The van der Waals surface area contributed by atoms with Crippen molar-refractivity contribution < 1.29 is 12.8 Å². The number of hydrogen-bond acceptors (Lipinski definition) is 3. The third kappa shape index (κ3) is 2.85. The molecular formula is C15H17FN2O2S. The van der Waals surface area contributed by atoms with E-state index < -0.39 is 15.8 Å². The van der Waals surface area contributed by atoms with Gasteiger partial charge >= 0.3 is 0 Å². The molecule has 112 valence electrons. The predicted octanol–water partition coefficient (Wildman–Crippen LogP) is 3.13. The van der Waals surface area contributed by atoms with E-state index in [0.717, 1.165) is 0 Å². The molecule has 0 amide bonds. The number of nitrogen functional groups attached to an aromatic ring is 1. The molecule has 0 saturated carbocycles. The van der Waals surface area contributed by atoms with Crippen molar-refractivity contribution in [2.75, 3.05) is 10.5 Å². The standard InChI is InChI=1S/C15H17FN2O2S/c1-9-7-8-11(3)15(13(9)17)21(19,20)18-14-10(2)5-4-6-12(14)16/h4-8,18H,17H2,1-3H3. The molecular weight excluding hydrogens is 291 g/mol. The largest absolute Gasteiger partial charge is 0.397 e. The van der Waals surface area contributed by atoms with Gasteiger partial charge in [0.25, 0.3) is 10.0 Å². The van der Waals surface area contributed by atoms with E-state index in [9.17, 15) is 12.8 Å². The summed E-state index contributed by atoms with van der Waals surface area (Å²) in [5, 5.41) is 0. The van der Waals surface area contributed by atoms with E-state index in [1.165, 1.54) is 12.1 Å². The molecule has 21 heavy (non-hydrogen) atoms. The molecule has 0 radical (unpaired) electrons. The molecule has 0 aliphatic carbocycles. The Balaban J connectivity index is 2.57. The van der Waals surface area contributed by atoms with Gasteiger partial charge in [-0.1, -0.05) is 24.3 Å². The number of para-hydroxylation sites is 1. The highest BCUT2D eigenvalue weighted by molar-refractivity contribution is 7.93. The highest BCUT2D eigenvalue weighted by Crippen LogP contribution is 2.29. The first kappa shape index (κ1) is 15.3. The SMILES string of the molecule is Cc1ccc(C)c(S(=O)(=O)Nc2c(C)cccc2F)c1N. The van der Waals surface area contributed by atoms with Crippen molar-refractivity contribution in [3.63, 3.8) is 0 Å². The van der Waals surface area contributed by atoms with Gasteiger partial charge in [0.1, 0.15) is 10.7 Å². The molecule has 2 aromatic rings. The molecule has 0 atom stereocenters. The minimum absolute atomic E-state index is 0.00912. The van der Waals surface area contributed by atoms with E-state index in [2.05, 4.69) is 4.72 Å². The molecule has 0 heterocycles. The quantitative estimate of drug-likeness (QED) is 0.856. The van der Waals surface area contributed by atoms with Crippen LogP contribution in [0.1, 0.15) is 16.7 Å². The van der Waals surface area contributed by atoms with Crippen molar-refractivity contribution in [1.29, 1.82) is 0 Å². The minimum Gasteiger partial charge on any atom is -0.397 e. The topological polar surface area (TPSA) is 72.2 Å². The second kappa shape index (κ2) is 5.37. The average Bonchev–Trinajstić information content (AvgIpc) is 2.39. The van der Waals surface area contributed by atoms with E-state index in [1.54, 1.807) is 39.0 Å². The second-order valence-corrected chi connectivity index (χ2v) is 6.60. The summed E-state index contributed by atoms with van der Waals surface area (Å²) in [6, 6.07) is 7.78. The van der Waals surface area contributed by atoms with Crippen LogP contribution >= 0.6 is 0 Å². The fraction of sp³-hybridized carbons (Fsp3) is 0.200. The normalized spacial score (nSPS) is 11.4. The van der Waals surface area contributed by atoms with Gasteiger partial charge in [0.15, 0.2) is 0 Å². The van der Waals surface area contributed by atoms with E-state index in [0.29, 0.717) is 16.7 Å². The zero-order valence-electron chi connectivity index (χ0n) is 12.1. The number of sulfonamides is 1. The molecule has 0 saturated heterocycles. The van der Waals surface area contributed by atoms with Gasteiger partial charge in [-0.15, -0.1) is 0 Å². The first-order chi connectivity index (χ1) is 9.74. The highest BCUT2D eigenvalue weighted by Gasteiger charge is 2.23. The molecule has 0 bridgehead atoms. The lowest BCUT2D eigenvalue weighted by Gasteiger charge is -2.15. The lowest BCUT2D eigenvalue weighted by atomic mass is 10.1. The van der Waals surface area contributed by atoms with Crippen LogP contribution in [0.3, 0.4) is 0 Å². The maximum absolute atomic E-state index is 13.8. The van der Waals surface area contributed by atoms with Crippen LogP contribution in [0, 0.1) is 26.6 Å². The summed E-state index contributed by atoms with van der Waals surface area (Å²) in [5.74, 6) is -0.623. The average molecular weight is 308 g/mol. The smallest absolute Gasteiger partial charge is 0.264 e. The molecule has 2 rings (SSSR count). The maximum atomic E-state index is 13.8. The lowest BCUT2D eigenvalue weighted by Crippen LogP contribution is -2.18. The Bertz CT molecular complexity index is 781. The van der Waals surface area contributed by atoms with Crippen molar-refractivity contribution in [1.82, 2.24) is 0 Å². The van der Waals surface area contributed by atoms with E-state index >= 15 is 0 Å². The van der Waals surface area contributed by atoms with Crippen LogP contribution in [0.15, 0.2) is 35.2 Å². The molecule has 0 aliphatic heterocycles. The summed E-state index contributed by atoms with van der Waals surface area (Å²) < 4.78 is 41.2. The molecule has 0 unspecified atom stereocenters. The molecule has 3 N–H and O–H groups in total. The van der Waals surface area contributed by atoms with E-state index in [1.807, 2.05) is 0 Å². The summed E-state index contributed by atoms with van der Waals surface area (Å²) in [5.41, 5.74) is 7.68. The monoisotopic (exact) mass is 308 g/mol. The Hall–Kier alpha value is -2.08. The Morgan fingerprint density at radius 1 is 1.00 bits per heavy atom. The highest BCUT2D eigenvalue weighted by atomic mass is 32.2. The van der Waals surface area contributed by atoms with Crippen LogP contribution in [0.5, 0.6) is 0 Å². The zero-order chi connectivity index (χ0) is 15.8. The summed E-state index contributed by atoms with van der Waals surface area (Å²) in [6.45, 7) is 5.01. The van der Waals surface area contributed by atoms with Gasteiger partial charge in [0.05, 0.1) is 11.4 Å². The van der Waals surface area contributed by atoms with Gasteiger partial charge in [-0.25, -0.2) is 12.8 Å². The number of anilines is 2. The van der Waals surface area contributed by atoms with Gasteiger partial charge in [0, 0.05) is 0 Å². The third-order valence-corrected chi connectivity index (χ3v) is 4.89. The van der Waals surface area contributed by atoms with Crippen molar-refractivity contribution in [3.05, 3.63) is 52.8 Å². The van der Waals surface area contributed by atoms with E-state index in [4.69, 9.17) is 5.73 Å². The van der Waals surface area contributed by atoms with Crippen LogP contribution < -0.4 is 10.5 Å². The van der Waals surface area contributed by atoms with E-state index in [-0.39, 0.29) is 16.3 Å². The lowest BCUT2D eigenvalue weighted by molar-refractivity contribution is 0.598. The van der Waals surface area contributed by atoms with Crippen LogP contribution in [-0.2, 0) is 10.0 Å². The Kier molecular flexibility index (Phi) is 3.91. The van der Waals surface area contributed by atoms with Crippen molar-refractivity contribution in [2.45, 2.75) is 25.7 Å². The number of halogens is 1. The van der Waals surface area contributed by atoms with Gasteiger partial charge in [-0.2, -0.15) is 0 Å². The van der Waals surface area contributed by atoms with Gasteiger partial charge < -0.3 is 5.73 Å². The van der Waals surface area contributed by atoms with Crippen LogP contribution in [-0.4, -0.2) is 8.42 Å².